The smallest absolute Gasteiger partial charge is 0.306 e. The summed E-state index contributed by atoms with van der Waals surface area (Å²) in [5.41, 5.74) is 7.82. The van der Waals surface area contributed by atoms with Gasteiger partial charge in [-0.15, -0.1) is 16.9 Å². The predicted molar refractivity (Wildman–Crippen MR) is 116 cm³/mol. The zero-order valence-electron chi connectivity index (χ0n) is 14.8. The maximum atomic E-state index is 11.2. The number of hydrogen-bond acceptors (Lipinski definition) is 6. The van der Waals surface area contributed by atoms with E-state index in [4.69, 9.17) is 17.3 Å². The summed E-state index contributed by atoms with van der Waals surface area (Å²) in [6.45, 7) is 0. The van der Waals surface area contributed by atoms with E-state index in [-0.39, 0.29) is 5.97 Å². The molecule has 0 saturated carbocycles. The summed E-state index contributed by atoms with van der Waals surface area (Å²) in [4.78, 5) is 12.2. The number of nitrogens with two attached hydrogens (primary N) is 1. The Kier molecular flexibility index (Phi) is 9.24. The molecule has 0 aromatic heterocycles. The Morgan fingerprint density at radius 1 is 1.22 bits per heavy atom. The molecule has 0 aliphatic rings. The van der Waals surface area contributed by atoms with E-state index >= 15 is 0 Å². The number of carbonyl (C=O) groups is 1. The van der Waals surface area contributed by atoms with E-state index in [0.717, 1.165) is 16.2 Å². The summed E-state index contributed by atoms with van der Waals surface area (Å²) < 4.78 is 4.65. The molecule has 2 rings (SSSR count). The van der Waals surface area contributed by atoms with Crippen LogP contribution in [0.15, 0.2) is 63.6 Å². The largest absolute Gasteiger partial charge is 0.469 e. The lowest BCUT2D eigenvalue weighted by Gasteiger charge is -2.06. The first-order chi connectivity index (χ1) is 13.1. The maximum absolute atomic E-state index is 11.2. The molecule has 0 bridgehead atoms. The van der Waals surface area contributed by atoms with Crippen LogP contribution >= 0.6 is 35.1 Å². The Morgan fingerprint density at radius 2 is 2.00 bits per heavy atom. The summed E-state index contributed by atoms with van der Waals surface area (Å²) in [7, 11) is 1.38. The van der Waals surface area contributed by atoms with Crippen molar-refractivity contribution in [3.63, 3.8) is 0 Å². The van der Waals surface area contributed by atoms with Crippen molar-refractivity contribution in [2.24, 2.45) is 15.9 Å². The summed E-state index contributed by atoms with van der Waals surface area (Å²) >= 11 is 9.20. The first-order valence-electron chi connectivity index (χ1n) is 8.11. The van der Waals surface area contributed by atoms with E-state index in [0.29, 0.717) is 22.4 Å². The minimum absolute atomic E-state index is 0.243. The normalized spacial score (nSPS) is 11.7. The lowest BCUT2D eigenvalue weighted by Crippen LogP contribution is -2.06. The van der Waals surface area contributed by atoms with Crippen molar-refractivity contribution in [3.8, 4) is 0 Å². The van der Waals surface area contributed by atoms with E-state index in [1.165, 1.54) is 36.2 Å². The number of nitrogens with zero attached hydrogens (tertiary/aromatic N) is 2. The number of carbonyl (C=O) groups excluding carboxylic acids is 1. The molecule has 0 atom stereocenters. The highest BCUT2D eigenvalue weighted by molar-refractivity contribution is 8.13. The van der Waals surface area contributed by atoms with Crippen LogP contribution in [0.4, 0.5) is 0 Å². The highest BCUT2D eigenvalue weighted by atomic mass is 35.5. The molecule has 0 aliphatic heterocycles. The highest BCUT2D eigenvalue weighted by Crippen LogP contribution is 2.27. The summed E-state index contributed by atoms with van der Waals surface area (Å²) in [6, 6.07) is 15.6. The van der Waals surface area contributed by atoms with Gasteiger partial charge in [0, 0.05) is 22.0 Å². The standard InChI is InChI=1S/C19H20ClN3O2S2/c1-25-18(24)10-11-26-17-9-5-8-16(20)15(17)12-22-23-19(21)27-13-14-6-3-2-4-7-14/h2-9,12H,10-11,13H2,1H3,(H2,21,23). The van der Waals surface area contributed by atoms with Crippen molar-refractivity contribution in [3.05, 3.63) is 64.7 Å². The van der Waals surface area contributed by atoms with Crippen molar-refractivity contribution in [2.45, 2.75) is 17.1 Å². The minimum Gasteiger partial charge on any atom is -0.469 e. The number of rotatable bonds is 8. The van der Waals surface area contributed by atoms with Gasteiger partial charge in [-0.1, -0.05) is 59.8 Å². The molecule has 0 radical (unpaired) electrons. The average molecular weight is 422 g/mol. The number of halogens is 1. The Morgan fingerprint density at radius 3 is 2.74 bits per heavy atom. The van der Waals surface area contributed by atoms with Gasteiger partial charge < -0.3 is 10.5 Å². The number of thioether (sulfide) groups is 2. The molecule has 5 nitrogen and oxygen atoms in total. The number of methoxy groups -OCH3 is 1. The van der Waals surface area contributed by atoms with E-state index in [2.05, 4.69) is 14.9 Å². The second kappa shape index (κ2) is 11.7. The Balaban J connectivity index is 1.97. The molecular formula is C19H20ClN3O2S2. The zero-order chi connectivity index (χ0) is 19.5. The fourth-order valence-corrected chi connectivity index (χ4v) is 3.89. The molecule has 0 aliphatic carbocycles. The highest BCUT2D eigenvalue weighted by Gasteiger charge is 2.07. The molecule has 0 unspecified atom stereocenters. The van der Waals surface area contributed by atoms with Crippen LogP contribution in [0.2, 0.25) is 5.02 Å². The topological polar surface area (TPSA) is 77.0 Å². The van der Waals surface area contributed by atoms with E-state index in [1.54, 1.807) is 12.3 Å². The Labute approximate surface area is 172 Å². The van der Waals surface area contributed by atoms with Gasteiger partial charge in [-0.05, 0) is 17.7 Å². The van der Waals surface area contributed by atoms with Crippen LogP contribution in [0.3, 0.4) is 0 Å². The average Bonchev–Trinajstić information content (AvgIpc) is 2.69. The molecule has 8 heteroatoms. The van der Waals surface area contributed by atoms with Crippen molar-refractivity contribution >= 4 is 52.5 Å². The quantitative estimate of drug-likeness (QED) is 0.222. The lowest BCUT2D eigenvalue weighted by atomic mass is 10.2. The molecule has 0 saturated heterocycles. The molecule has 2 aromatic rings. The number of amidine groups is 1. The first kappa shape index (κ1) is 21.3. The van der Waals surface area contributed by atoms with Crippen LogP contribution in [0, 0.1) is 0 Å². The Bertz CT molecular complexity index is 814. The van der Waals surface area contributed by atoms with Crippen LogP contribution < -0.4 is 5.73 Å². The second-order valence-electron chi connectivity index (χ2n) is 5.28. The summed E-state index contributed by atoms with van der Waals surface area (Å²) in [5.74, 6) is 1.08. The molecule has 0 amide bonds. The SMILES string of the molecule is COC(=O)CCSc1cccc(Cl)c1C=NN=C(N)SCc1ccccc1. The third-order valence-electron chi connectivity index (χ3n) is 3.38. The van der Waals surface area contributed by atoms with Gasteiger partial charge in [0.1, 0.15) is 0 Å². The van der Waals surface area contributed by atoms with Crippen LogP contribution in [-0.2, 0) is 15.3 Å². The third kappa shape index (κ3) is 7.66. The van der Waals surface area contributed by atoms with Crippen molar-refractivity contribution < 1.29 is 9.53 Å². The first-order valence-corrected chi connectivity index (χ1v) is 10.5. The van der Waals surface area contributed by atoms with Gasteiger partial charge >= 0.3 is 5.97 Å². The summed E-state index contributed by atoms with van der Waals surface area (Å²) in [6.07, 6.45) is 1.91. The Hall–Kier alpha value is -1.96. The zero-order valence-corrected chi connectivity index (χ0v) is 17.2. The van der Waals surface area contributed by atoms with E-state index in [1.807, 2.05) is 42.5 Å². The van der Waals surface area contributed by atoms with Crippen LogP contribution in [0.1, 0.15) is 17.5 Å². The van der Waals surface area contributed by atoms with Crippen molar-refractivity contribution in [2.75, 3.05) is 12.9 Å². The summed E-state index contributed by atoms with van der Waals surface area (Å²) in [5, 5.41) is 9.03. The molecule has 2 N–H and O–H groups in total. The fourth-order valence-electron chi connectivity index (χ4n) is 2.02. The maximum Gasteiger partial charge on any atom is 0.306 e. The number of esters is 1. The van der Waals surface area contributed by atoms with Crippen molar-refractivity contribution in [1.82, 2.24) is 0 Å². The molecule has 2 aromatic carbocycles. The third-order valence-corrected chi connectivity index (χ3v) is 5.64. The lowest BCUT2D eigenvalue weighted by molar-refractivity contribution is -0.140. The van der Waals surface area contributed by atoms with Gasteiger partial charge in [0.2, 0.25) is 0 Å². The molecular weight excluding hydrogens is 402 g/mol. The minimum atomic E-state index is -0.243. The number of benzene rings is 2. The molecule has 0 fully saturated rings. The van der Waals surface area contributed by atoms with Gasteiger partial charge in [0.05, 0.1) is 24.8 Å². The van der Waals surface area contributed by atoms with Crippen molar-refractivity contribution in [1.29, 1.82) is 0 Å². The van der Waals surface area contributed by atoms with E-state index < -0.39 is 0 Å². The monoisotopic (exact) mass is 421 g/mol. The van der Waals surface area contributed by atoms with Gasteiger partial charge in [-0.25, -0.2) is 0 Å². The molecule has 0 heterocycles. The van der Waals surface area contributed by atoms with Gasteiger partial charge in [-0.3, -0.25) is 4.79 Å². The molecule has 27 heavy (non-hydrogen) atoms. The van der Waals surface area contributed by atoms with Crippen LogP contribution in [0.25, 0.3) is 0 Å². The van der Waals surface area contributed by atoms with Gasteiger partial charge in [0.15, 0.2) is 5.17 Å². The van der Waals surface area contributed by atoms with Gasteiger partial charge in [-0.2, -0.15) is 5.10 Å². The second-order valence-corrected chi connectivity index (χ2v) is 7.82. The number of ether oxygens (including phenoxy) is 1. The van der Waals surface area contributed by atoms with Gasteiger partial charge in [0.25, 0.3) is 0 Å². The van der Waals surface area contributed by atoms with E-state index in [9.17, 15) is 4.79 Å². The predicted octanol–water partition coefficient (Wildman–Crippen LogP) is 4.58. The molecule has 142 valence electrons. The fraction of sp³-hybridized carbons (Fsp3) is 0.211. The molecule has 0 spiro atoms. The van der Waals surface area contributed by atoms with Crippen LogP contribution in [0.5, 0.6) is 0 Å². The number of hydrogen-bond donors (Lipinski definition) is 1. The van der Waals surface area contributed by atoms with Crippen LogP contribution in [-0.4, -0.2) is 30.2 Å².